The van der Waals surface area contributed by atoms with Crippen molar-refractivity contribution in [1.29, 1.82) is 0 Å². The van der Waals surface area contributed by atoms with Gasteiger partial charge in [0.1, 0.15) is 0 Å². The van der Waals surface area contributed by atoms with Gasteiger partial charge in [0.25, 0.3) is 0 Å². The summed E-state index contributed by atoms with van der Waals surface area (Å²) in [6, 6.07) is 0. The van der Waals surface area contributed by atoms with E-state index in [1.165, 1.54) is 6.26 Å². The zero-order valence-electron chi connectivity index (χ0n) is 8.54. The second-order valence-corrected chi connectivity index (χ2v) is 2.71. The molecule has 3 nitrogen and oxygen atoms in total. The number of rotatable bonds is 4. The van der Waals surface area contributed by atoms with Crippen LogP contribution in [0.1, 0.15) is 20.8 Å². The largest absolute Gasteiger partial charge is 0.418 e. The minimum absolute atomic E-state index is 0.317. The molecule has 0 saturated heterocycles. The van der Waals surface area contributed by atoms with Crippen molar-refractivity contribution in [3.8, 4) is 0 Å². The summed E-state index contributed by atoms with van der Waals surface area (Å²) in [5.41, 5.74) is 0.854. The maximum atomic E-state index is 11.2. The topological polar surface area (TPSA) is 29.5 Å². The number of nitrogens with zero attached hydrogens (tertiary/aromatic N) is 1. The van der Waals surface area contributed by atoms with Crippen LogP contribution in [0.25, 0.3) is 0 Å². The fraction of sp³-hybridized carbons (Fsp3) is 0.500. The van der Waals surface area contributed by atoms with Gasteiger partial charge < -0.3 is 9.64 Å². The Hall–Kier alpha value is -1.25. The van der Waals surface area contributed by atoms with Crippen molar-refractivity contribution in [3.05, 3.63) is 24.5 Å². The SMILES string of the molecule is C=C(C)/C=C/OC(=O)N(CC)CC. The predicted molar refractivity (Wildman–Crippen MR) is 53.4 cm³/mol. The van der Waals surface area contributed by atoms with E-state index in [4.69, 9.17) is 4.74 Å². The van der Waals surface area contributed by atoms with Crippen molar-refractivity contribution >= 4 is 6.09 Å². The molecular weight excluding hydrogens is 166 g/mol. The molecule has 0 aliphatic rings. The van der Waals surface area contributed by atoms with E-state index in [1.807, 2.05) is 20.8 Å². The highest BCUT2D eigenvalue weighted by atomic mass is 16.5. The van der Waals surface area contributed by atoms with Crippen molar-refractivity contribution in [2.75, 3.05) is 13.1 Å². The van der Waals surface area contributed by atoms with Crippen molar-refractivity contribution in [3.63, 3.8) is 0 Å². The number of allylic oxidation sites excluding steroid dienone is 2. The average molecular weight is 183 g/mol. The summed E-state index contributed by atoms with van der Waals surface area (Å²) in [6.07, 6.45) is 2.70. The Morgan fingerprint density at radius 3 is 2.38 bits per heavy atom. The van der Waals surface area contributed by atoms with E-state index in [1.54, 1.807) is 11.0 Å². The van der Waals surface area contributed by atoms with Gasteiger partial charge in [-0.25, -0.2) is 4.79 Å². The van der Waals surface area contributed by atoms with Crippen LogP contribution >= 0.6 is 0 Å². The second-order valence-electron chi connectivity index (χ2n) is 2.71. The molecule has 0 atom stereocenters. The maximum Gasteiger partial charge on any atom is 0.414 e. The molecule has 0 aliphatic heterocycles. The van der Waals surface area contributed by atoms with Crippen LogP contribution in [0.5, 0.6) is 0 Å². The molecule has 0 heterocycles. The van der Waals surface area contributed by atoms with Crippen LogP contribution in [0.3, 0.4) is 0 Å². The minimum Gasteiger partial charge on any atom is -0.418 e. The highest BCUT2D eigenvalue weighted by Crippen LogP contribution is 1.95. The number of carbonyl (C=O) groups excluding carboxylic acids is 1. The first-order chi connectivity index (χ1) is 6.11. The Balaban J connectivity index is 3.92. The number of hydrogen-bond donors (Lipinski definition) is 0. The summed E-state index contributed by atoms with van der Waals surface area (Å²) in [6.45, 7) is 10.6. The fourth-order valence-corrected chi connectivity index (χ4v) is 0.765. The molecule has 13 heavy (non-hydrogen) atoms. The maximum absolute atomic E-state index is 11.2. The molecule has 0 aromatic heterocycles. The number of ether oxygens (including phenoxy) is 1. The van der Waals surface area contributed by atoms with Gasteiger partial charge in [0.15, 0.2) is 0 Å². The van der Waals surface area contributed by atoms with Gasteiger partial charge in [-0.05, 0) is 26.8 Å². The van der Waals surface area contributed by atoms with Gasteiger partial charge in [-0.1, -0.05) is 12.2 Å². The highest BCUT2D eigenvalue weighted by Gasteiger charge is 2.07. The first-order valence-electron chi connectivity index (χ1n) is 4.39. The summed E-state index contributed by atoms with van der Waals surface area (Å²) >= 11 is 0. The lowest BCUT2D eigenvalue weighted by molar-refractivity contribution is 0.142. The fourth-order valence-electron chi connectivity index (χ4n) is 0.765. The Morgan fingerprint density at radius 1 is 1.46 bits per heavy atom. The van der Waals surface area contributed by atoms with Gasteiger partial charge in [0.2, 0.25) is 0 Å². The van der Waals surface area contributed by atoms with Gasteiger partial charge >= 0.3 is 6.09 Å². The van der Waals surface area contributed by atoms with E-state index in [2.05, 4.69) is 6.58 Å². The van der Waals surface area contributed by atoms with Gasteiger partial charge in [0, 0.05) is 13.1 Å². The van der Waals surface area contributed by atoms with Crippen molar-refractivity contribution < 1.29 is 9.53 Å². The molecule has 0 spiro atoms. The normalized spacial score (nSPS) is 10.1. The van der Waals surface area contributed by atoms with Crippen LogP contribution in [-0.2, 0) is 4.74 Å². The van der Waals surface area contributed by atoms with Crippen LogP contribution in [0.15, 0.2) is 24.5 Å². The van der Waals surface area contributed by atoms with E-state index in [0.29, 0.717) is 13.1 Å². The molecule has 0 fully saturated rings. The molecule has 0 aromatic carbocycles. The number of amides is 1. The van der Waals surface area contributed by atoms with Crippen LogP contribution < -0.4 is 0 Å². The van der Waals surface area contributed by atoms with E-state index in [0.717, 1.165) is 5.57 Å². The Labute approximate surface area is 79.7 Å². The Bertz CT molecular complexity index is 205. The molecule has 3 heteroatoms. The summed E-state index contributed by atoms with van der Waals surface area (Å²) < 4.78 is 4.84. The summed E-state index contributed by atoms with van der Waals surface area (Å²) in [4.78, 5) is 12.8. The van der Waals surface area contributed by atoms with Crippen LogP contribution in [-0.4, -0.2) is 24.1 Å². The third-order valence-corrected chi connectivity index (χ3v) is 1.54. The zero-order valence-corrected chi connectivity index (χ0v) is 8.54. The quantitative estimate of drug-likeness (QED) is 0.495. The Kier molecular flexibility index (Phi) is 5.68. The lowest BCUT2D eigenvalue weighted by Crippen LogP contribution is -2.29. The van der Waals surface area contributed by atoms with Crippen molar-refractivity contribution in [2.45, 2.75) is 20.8 Å². The molecule has 0 aromatic rings. The first kappa shape index (κ1) is 11.8. The predicted octanol–water partition coefficient (Wildman–Crippen LogP) is 2.55. The van der Waals surface area contributed by atoms with E-state index >= 15 is 0 Å². The molecule has 0 radical (unpaired) electrons. The highest BCUT2D eigenvalue weighted by molar-refractivity contribution is 5.68. The number of hydrogen-bond acceptors (Lipinski definition) is 2. The monoisotopic (exact) mass is 183 g/mol. The van der Waals surface area contributed by atoms with Crippen molar-refractivity contribution in [2.24, 2.45) is 0 Å². The summed E-state index contributed by atoms with van der Waals surface area (Å²) in [5, 5.41) is 0. The first-order valence-corrected chi connectivity index (χ1v) is 4.39. The smallest absolute Gasteiger partial charge is 0.414 e. The molecule has 0 N–H and O–H groups in total. The van der Waals surface area contributed by atoms with Crippen molar-refractivity contribution in [1.82, 2.24) is 4.90 Å². The third kappa shape index (κ3) is 5.06. The molecule has 0 unspecified atom stereocenters. The van der Waals surface area contributed by atoms with E-state index in [-0.39, 0.29) is 6.09 Å². The van der Waals surface area contributed by atoms with Crippen LogP contribution in [0.2, 0.25) is 0 Å². The molecule has 1 amide bonds. The van der Waals surface area contributed by atoms with Crippen LogP contribution in [0, 0.1) is 0 Å². The zero-order chi connectivity index (χ0) is 10.3. The van der Waals surface area contributed by atoms with Gasteiger partial charge in [-0.15, -0.1) is 0 Å². The molecule has 0 bridgehead atoms. The molecule has 0 saturated carbocycles. The van der Waals surface area contributed by atoms with Gasteiger partial charge in [0.05, 0.1) is 6.26 Å². The standard InChI is InChI=1S/C10H17NO2/c1-5-11(6-2)10(12)13-8-7-9(3)4/h7-8H,3,5-6H2,1-2,4H3/b8-7+. The lowest BCUT2D eigenvalue weighted by atomic mass is 10.3. The second kappa shape index (κ2) is 6.29. The molecule has 74 valence electrons. The average Bonchev–Trinajstić information content (AvgIpc) is 2.05. The van der Waals surface area contributed by atoms with Gasteiger partial charge in [-0.2, -0.15) is 0 Å². The number of carbonyl (C=O) groups is 1. The summed E-state index contributed by atoms with van der Waals surface area (Å²) in [7, 11) is 0. The Morgan fingerprint density at radius 2 is 2.00 bits per heavy atom. The third-order valence-electron chi connectivity index (χ3n) is 1.54. The molecule has 0 rings (SSSR count). The van der Waals surface area contributed by atoms with E-state index in [9.17, 15) is 4.79 Å². The van der Waals surface area contributed by atoms with E-state index < -0.39 is 0 Å². The summed E-state index contributed by atoms with van der Waals surface area (Å²) in [5.74, 6) is 0. The molecule has 0 aliphatic carbocycles. The minimum atomic E-state index is -0.317. The lowest BCUT2D eigenvalue weighted by Gasteiger charge is -2.15. The van der Waals surface area contributed by atoms with Gasteiger partial charge in [-0.3, -0.25) is 0 Å². The van der Waals surface area contributed by atoms with Crippen LogP contribution in [0.4, 0.5) is 4.79 Å². The molecular formula is C10H17NO2.